The van der Waals surface area contributed by atoms with Gasteiger partial charge in [-0.15, -0.1) is 0 Å². The van der Waals surface area contributed by atoms with Crippen LogP contribution in [0, 0.1) is 0 Å². The van der Waals surface area contributed by atoms with Crippen LogP contribution in [0.2, 0.25) is 0 Å². The molecule has 0 aliphatic rings. The second-order valence-electron chi connectivity index (χ2n) is 5.84. The third-order valence-electron chi connectivity index (χ3n) is 3.78. The molecule has 2 aromatic carbocycles. The van der Waals surface area contributed by atoms with Crippen LogP contribution in [0.4, 0.5) is 11.4 Å². The first-order valence-corrected chi connectivity index (χ1v) is 8.55. The van der Waals surface area contributed by atoms with Crippen molar-refractivity contribution in [2.75, 3.05) is 17.7 Å². The number of anilines is 2. The van der Waals surface area contributed by atoms with E-state index in [1.807, 2.05) is 30.3 Å². The number of nitrogen functional groups attached to an aromatic ring is 1. The summed E-state index contributed by atoms with van der Waals surface area (Å²) in [6, 6.07) is 15.4. The number of aryl methyl sites for hydroxylation is 1. The predicted octanol–water partition coefficient (Wildman–Crippen LogP) is 4.41. The van der Waals surface area contributed by atoms with Crippen molar-refractivity contribution in [1.82, 2.24) is 0 Å². The van der Waals surface area contributed by atoms with Crippen LogP contribution in [-0.4, -0.2) is 12.5 Å². The van der Waals surface area contributed by atoms with Gasteiger partial charge in [0.2, 0.25) is 5.91 Å². The summed E-state index contributed by atoms with van der Waals surface area (Å²) < 4.78 is 5.59. The zero-order valence-corrected chi connectivity index (χ0v) is 14.3. The lowest BCUT2D eigenvalue weighted by Crippen LogP contribution is -2.13. The van der Waals surface area contributed by atoms with E-state index < -0.39 is 0 Å². The van der Waals surface area contributed by atoms with E-state index in [1.54, 1.807) is 6.07 Å². The van der Waals surface area contributed by atoms with E-state index in [0.717, 1.165) is 12.1 Å². The zero-order valence-electron chi connectivity index (χ0n) is 14.3. The Labute approximate surface area is 144 Å². The molecule has 0 aliphatic carbocycles. The number of hydrogen-bond donors (Lipinski definition) is 2. The molecule has 0 spiro atoms. The van der Waals surface area contributed by atoms with Gasteiger partial charge in [-0.25, -0.2) is 0 Å². The van der Waals surface area contributed by atoms with E-state index >= 15 is 0 Å². The molecule has 0 unspecified atom stereocenters. The molecule has 1 amide bonds. The molecule has 2 aromatic rings. The maximum atomic E-state index is 12.0. The Kier molecular flexibility index (Phi) is 7.15. The van der Waals surface area contributed by atoms with Gasteiger partial charge in [0.25, 0.3) is 0 Å². The van der Waals surface area contributed by atoms with Crippen LogP contribution < -0.4 is 15.8 Å². The van der Waals surface area contributed by atoms with Crippen LogP contribution >= 0.6 is 0 Å². The molecule has 0 aromatic heterocycles. The number of amides is 1. The largest absolute Gasteiger partial charge is 0.491 e. The monoisotopic (exact) mass is 326 g/mol. The highest BCUT2D eigenvalue weighted by molar-refractivity contribution is 5.90. The molecule has 0 fully saturated rings. The van der Waals surface area contributed by atoms with E-state index in [2.05, 4.69) is 24.4 Å². The standard InChI is InChI=1S/C20H26N2O2/c1-2-3-7-16-11-13-17(14-12-16)22-20(23)10-6-15-24-19-9-5-4-8-18(19)21/h4-5,8-9,11-14H,2-3,6-7,10,15,21H2,1H3,(H,22,23). The maximum absolute atomic E-state index is 12.0. The van der Waals surface area contributed by atoms with Gasteiger partial charge < -0.3 is 15.8 Å². The third kappa shape index (κ3) is 5.95. The molecule has 0 atom stereocenters. The van der Waals surface area contributed by atoms with Gasteiger partial charge in [-0.1, -0.05) is 37.6 Å². The molecule has 0 aliphatic heterocycles. The van der Waals surface area contributed by atoms with Crippen LogP contribution in [0.3, 0.4) is 0 Å². The van der Waals surface area contributed by atoms with Crippen molar-refractivity contribution >= 4 is 17.3 Å². The fourth-order valence-corrected chi connectivity index (χ4v) is 2.39. The van der Waals surface area contributed by atoms with Gasteiger partial charge in [0, 0.05) is 12.1 Å². The Balaban J connectivity index is 1.68. The summed E-state index contributed by atoms with van der Waals surface area (Å²) in [6.45, 7) is 2.65. The van der Waals surface area contributed by atoms with Crippen molar-refractivity contribution in [3.8, 4) is 5.75 Å². The topological polar surface area (TPSA) is 64.3 Å². The number of nitrogens with two attached hydrogens (primary N) is 1. The maximum Gasteiger partial charge on any atom is 0.224 e. The van der Waals surface area contributed by atoms with E-state index in [4.69, 9.17) is 10.5 Å². The molecule has 0 saturated carbocycles. The highest BCUT2D eigenvalue weighted by Crippen LogP contribution is 2.20. The molecule has 4 nitrogen and oxygen atoms in total. The Bertz CT molecular complexity index is 638. The number of unbranched alkanes of at least 4 members (excludes halogenated alkanes) is 1. The summed E-state index contributed by atoms with van der Waals surface area (Å²) in [7, 11) is 0. The van der Waals surface area contributed by atoms with Crippen LogP contribution in [0.1, 0.15) is 38.2 Å². The SMILES string of the molecule is CCCCc1ccc(NC(=O)CCCOc2ccccc2N)cc1. The lowest BCUT2D eigenvalue weighted by molar-refractivity contribution is -0.116. The van der Waals surface area contributed by atoms with Crippen LogP contribution in [-0.2, 0) is 11.2 Å². The molecule has 0 bridgehead atoms. The number of ether oxygens (including phenoxy) is 1. The molecule has 4 heteroatoms. The zero-order chi connectivity index (χ0) is 17.2. The minimum Gasteiger partial charge on any atom is -0.491 e. The number of para-hydroxylation sites is 2. The second-order valence-corrected chi connectivity index (χ2v) is 5.84. The molecule has 2 rings (SSSR count). The van der Waals surface area contributed by atoms with Gasteiger partial charge in [-0.2, -0.15) is 0 Å². The molecule has 24 heavy (non-hydrogen) atoms. The summed E-state index contributed by atoms with van der Waals surface area (Å²) in [5.41, 5.74) is 8.57. The van der Waals surface area contributed by atoms with Gasteiger partial charge in [-0.3, -0.25) is 4.79 Å². The first-order valence-electron chi connectivity index (χ1n) is 8.55. The predicted molar refractivity (Wildman–Crippen MR) is 99.3 cm³/mol. The van der Waals surface area contributed by atoms with Gasteiger partial charge in [-0.05, 0) is 49.1 Å². The molecular formula is C20H26N2O2. The van der Waals surface area contributed by atoms with Crippen molar-refractivity contribution < 1.29 is 9.53 Å². The number of nitrogens with one attached hydrogen (secondary N) is 1. The summed E-state index contributed by atoms with van der Waals surface area (Å²) in [5.74, 6) is 0.668. The fourth-order valence-electron chi connectivity index (χ4n) is 2.39. The molecule has 128 valence electrons. The molecule has 0 radical (unpaired) electrons. The average molecular weight is 326 g/mol. The summed E-state index contributed by atoms with van der Waals surface area (Å²) in [6.07, 6.45) is 4.54. The number of hydrogen-bond acceptors (Lipinski definition) is 3. The molecule has 0 heterocycles. The Morgan fingerprint density at radius 2 is 1.83 bits per heavy atom. The van der Waals surface area contributed by atoms with Gasteiger partial charge in [0.05, 0.1) is 12.3 Å². The first-order chi connectivity index (χ1) is 11.7. The van der Waals surface area contributed by atoms with Crippen molar-refractivity contribution in [3.63, 3.8) is 0 Å². The quantitative estimate of drug-likeness (QED) is 0.530. The van der Waals surface area contributed by atoms with Gasteiger partial charge >= 0.3 is 0 Å². The lowest BCUT2D eigenvalue weighted by atomic mass is 10.1. The number of carbonyl (C=O) groups is 1. The van der Waals surface area contributed by atoms with Crippen LogP contribution in [0.25, 0.3) is 0 Å². The molecule has 0 saturated heterocycles. The third-order valence-corrected chi connectivity index (χ3v) is 3.78. The van der Waals surface area contributed by atoms with Crippen LogP contribution in [0.15, 0.2) is 48.5 Å². The normalized spacial score (nSPS) is 10.4. The molecule has 3 N–H and O–H groups in total. The van der Waals surface area contributed by atoms with Crippen molar-refractivity contribution in [2.24, 2.45) is 0 Å². The van der Waals surface area contributed by atoms with E-state index in [0.29, 0.717) is 30.9 Å². The minimum atomic E-state index is 0.000872. The minimum absolute atomic E-state index is 0.000872. The fraction of sp³-hybridized carbons (Fsp3) is 0.350. The Morgan fingerprint density at radius 3 is 2.54 bits per heavy atom. The number of rotatable bonds is 9. The first kappa shape index (κ1) is 17.9. The Morgan fingerprint density at radius 1 is 1.08 bits per heavy atom. The Hall–Kier alpha value is -2.49. The molecular weight excluding hydrogens is 300 g/mol. The summed E-state index contributed by atoms with van der Waals surface area (Å²) in [5, 5.41) is 2.92. The highest BCUT2D eigenvalue weighted by atomic mass is 16.5. The van der Waals surface area contributed by atoms with Crippen molar-refractivity contribution in [2.45, 2.75) is 39.0 Å². The second kappa shape index (κ2) is 9.60. The smallest absolute Gasteiger partial charge is 0.224 e. The lowest BCUT2D eigenvalue weighted by Gasteiger charge is -2.09. The van der Waals surface area contributed by atoms with E-state index in [-0.39, 0.29) is 5.91 Å². The average Bonchev–Trinajstić information content (AvgIpc) is 2.59. The summed E-state index contributed by atoms with van der Waals surface area (Å²) in [4.78, 5) is 12.0. The van der Waals surface area contributed by atoms with Gasteiger partial charge in [0.15, 0.2) is 0 Å². The van der Waals surface area contributed by atoms with Gasteiger partial charge in [0.1, 0.15) is 5.75 Å². The highest BCUT2D eigenvalue weighted by Gasteiger charge is 2.04. The van der Waals surface area contributed by atoms with Crippen LogP contribution in [0.5, 0.6) is 5.75 Å². The van der Waals surface area contributed by atoms with Crippen molar-refractivity contribution in [1.29, 1.82) is 0 Å². The van der Waals surface area contributed by atoms with E-state index in [1.165, 1.54) is 18.4 Å². The number of carbonyl (C=O) groups excluding carboxylic acids is 1. The summed E-state index contributed by atoms with van der Waals surface area (Å²) >= 11 is 0. The van der Waals surface area contributed by atoms with E-state index in [9.17, 15) is 4.79 Å². The van der Waals surface area contributed by atoms with Crippen molar-refractivity contribution in [3.05, 3.63) is 54.1 Å². The number of benzene rings is 2.